The van der Waals surface area contributed by atoms with E-state index in [1.54, 1.807) is 54.6 Å². The summed E-state index contributed by atoms with van der Waals surface area (Å²) in [5, 5.41) is 1.33. The van der Waals surface area contributed by atoms with Crippen molar-refractivity contribution in [2.75, 3.05) is 11.5 Å². The number of hydrogen-bond acceptors (Lipinski definition) is 4. The maximum atomic E-state index is 12.6. The average Bonchev–Trinajstić information content (AvgIpc) is 2.54. The molecule has 8 heteroatoms. The molecule has 0 saturated heterocycles. The SMILES string of the molecule is Cl.Cl.Nc1ccc(CNS(=O)(=O)c2cccc3c(N)cccc23)cc1. The number of hydrogen-bond donors (Lipinski definition) is 3. The fourth-order valence-corrected chi connectivity index (χ4v) is 3.67. The zero-order chi connectivity index (χ0) is 16.4. The summed E-state index contributed by atoms with van der Waals surface area (Å²) >= 11 is 0. The first-order chi connectivity index (χ1) is 11.0. The van der Waals surface area contributed by atoms with Crippen LogP contribution in [0.3, 0.4) is 0 Å². The van der Waals surface area contributed by atoms with Crippen LogP contribution in [0, 0.1) is 0 Å². The molecule has 25 heavy (non-hydrogen) atoms. The van der Waals surface area contributed by atoms with Crippen LogP contribution in [-0.4, -0.2) is 8.42 Å². The van der Waals surface area contributed by atoms with Gasteiger partial charge in [0.15, 0.2) is 0 Å². The molecule has 0 saturated carbocycles. The molecule has 134 valence electrons. The Balaban J connectivity index is 0.00000156. The molecule has 0 radical (unpaired) electrons. The predicted octanol–water partition coefficient (Wildman–Crippen LogP) is 3.33. The molecule has 0 aliphatic carbocycles. The van der Waals surface area contributed by atoms with Crippen LogP contribution in [0.15, 0.2) is 65.6 Å². The van der Waals surface area contributed by atoms with Gasteiger partial charge in [-0.25, -0.2) is 13.1 Å². The van der Waals surface area contributed by atoms with Crippen LogP contribution in [0.1, 0.15) is 5.56 Å². The van der Waals surface area contributed by atoms with E-state index in [-0.39, 0.29) is 36.3 Å². The van der Waals surface area contributed by atoms with E-state index in [1.165, 1.54) is 0 Å². The Labute approximate surface area is 159 Å². The lowest BCUT2D eigenvalue weighted by Crippen LogP contribution is -2.23. The number of halogens is 2. The maximum Gasteiger partial charge on any atom is 0.241 e. The van der Waals surface area contributed by atoms with E-state index in [0.29, 0.717) is 16.8 Å². The highest BCUT2D eigenvalue weighted by Gasteiger charge is 2.17. The van der Waals surface area contributed by atoms with Crippen LogP contribution in [0.25, 0.3) is 10.8 Å². The highest BCUT2D eigenvalue weighted by atomic mass is 35.5. The summed E-state index contributed by atoms with van der Waals surface area (Å²) in [6.45, 7) is 0.196. The minimum Gasteiger partial charge on any atom is -0.399 e. The van der Waals surface area contributed by atoms with Crippen LogP contribution in [-0.2, 0) is 16.6 Å². The van der Waals surface area contributed by atoms with Crippen molar-refractivity contribution in [2.45, 2.75) is 11.4 Å². The molecule has 3 aromatic rings. The number of nitrogen functional groups attached to an aromatic ring is 2. The third-order valence-electron chi connectivity index (χ3n) is 3.65. The van der Waals surface area contributed by atoms with Gasteiger partial charge in [-0.2, -0.15) is 0 Å². The van der Waals surface area contributed by atoms with Crippen molar-refractivity contribution in [1.82, 2.24) is 4.72 Å². The molecule has 0 heterocycles. The Morgan fingerprint density at radius 1 is 0.800 bits per heavy atom. The molecule has 0 atom stereocenters. The molecule has 0 aliphatic heterocycles. The van der Waals surface area contributed by atoms with Gasteiger partial charge in [0.05, 0.1) is 4.90 Å². The van der Waals surface area contributed by atoms with Crippen LogP contribution in [0.4, 0.5) is 11.4 Å². The van der Waals surface area contributed by atoms with Gasteiger partial charge in [0, 0.05) is 28.7 Å². The first-order valence-corrected chi connectivity index (χ1v) is 8.57. The number of anilines is 2. The summed E-state index contributed by atoms with van der Waals surface area (Å²) < 4.78 is 27.9. The summed E-state index contributed by atoms with van der Waals surface area (Å²) in [4.78, 5) is 0.220. The summed E-state index contributed by atoms with van der Waals surface area (Å²) in [5.74, 6) is 0. The number of rotatable bonds is 4. The summed E-state index contributed by atoms with van der Waals surface area (Å²) in [5.41, 5.74) is 13.6. The van der Waals surface area contributed by atoms with Gasteiger partial charge in [0.1, 0.15) is 0 Å². The van der Waals surface area contributed by atoms with Crippen LogP contribution in [0.5, 0.6) is 0 Å². The standard InChI is InChI=1S/C17H17N3O2S.2ClH/c18-13-9-7-12(8-10-13)11-20-23(21,22)17-6-2-3-14-15(17)4-1-5-16(14)19;;/h1-10,20H,11,18-19H2;2*1H. The summed E-state index contributed by atoms with van der Waals surface area (Å²) in [6.07, 6.45) is 0. The molecule has 0 aromatic heterocycles. The molecule has 0 bridgehead atoms. The monoisotopic (exact) mass is 399 g/mol. The van der Waals surface area contributed by atoms with Gasteiger partial charge in [-0.1, -0.05) is 36.4 Å². The van der Waals surface area contributed by atoms with Gasteiger partial charge < -0.3 is 11.5 Å². The van der Waals surface area contributed by atoms with Crippen molar-refractivity contribution in [3.05, 3.63) is 66.2 Å². The van der Waals surface area contributed by atoms with Crippen LogP contribution < -0.4 is 16.2 Å². The van der Waals surface area contributed by atoms with Crippen molar-refractivity contribution in [3.63, 3.8) is 0 Å². The van der Waals surface area contributed by atoms with Crippen LogP contribution in [0.2, 0.25) is 0 Å². The van der Waals surface area contributed by atoms with Gasteiger partial charge in [0.25, 0.3) is 0 Å². The largest absolute Gasteiger partial charge is 0.399 e. The second-order valence-corrected chi connectivity index (χ2v) is 7.00. The summed E-state index contributed by atoms with van der Waals surface area (Å²) in [7, 11) is -3.65. The normalized spacial score (nSPS) is 10.7. The van der Waals surface area contributed by atoms with Crippen molar-refractivity contribution in [2.24, 2.45) is 0 Å². The van der Waals surface area contributed by atoms with Crippen molar-refractivity contribution >= 4 is 57.0 Å². The Morgan fingerprint density at radius 2 is 1.40 bits per heavy atom. The minimum atomic E-state index is -3.65. The molecular formula is C17H19Cl2N3O2S. The summed E-state index contributed by atoms with van der Waals surface area (Å²) in [6, 6.07) is 17.4. The minimum absolute atomic E-state index is 0. The van der Waals surface area contributed by atoms with E-state index >= 15 is 0 Å². The van der Waals surface area contributed by atoms with E-state index in [2.05, 4.69) is 4.72 Å². The van der Waals surface area contributed by atoms with Gasteiger partial charge in [0.2, 0.25) is 10.0 Å². The van der Waals surface area contributed by atoms with Gasteiger partial charge in [-0.3, -0.25) is 0 Å². The predicted molar refractivity (Wildman–Crippen MR) is 108 cm³/mol. The van der Waals surface area contributed by atoms with E-state index in [1.807, 2.05) is 6.07 Å². The molecule has 0 amide bonds. The number of nitrogens with two attached hydrogens (primary N) is 2. The molecule has 0 fully saturated rings. The first kappa shape index (κ1) is 21.1. The van der Waals surface area contributed by atoms with E-state index in [9.17, 15) is 8.42 Å². The Morgan fingerprint density at radius 3 is 2.08 bits per heavy atom. The fourth-order valence-electron chi connectivity index (χ4n) is 2.43. The Bertz CT molecular complexity index is 961. The van der Waals surface area contributed by atoms with E-state index < -0.39 is 10.0 Å². The lowest BCUT2D eigenvalue weighted by Gasteiger charge is -2.11. The second-order valence-electron chi connectivity index (χ2n) is 5.26. The van der Waals surface area contributed by atoms with Crippen molar-refractivity contribution in [3.8, 4) is 0 Å². The quantitative estimate of drug-likeness (QED) is 0.585. The van der Waals surface area contributed by atoms with Crippen LogP contribution >= 0.6 is 24.8 Å². The molecule has 5 N–H and O–H groups in total. The topological polar surface area (TPSA) is 98.2 Å². The smallest absolute Gasteiger partial charge is 0.241 e. The van der Waals surface area contributed by atoms with Gasteiger partial charge in [-0.05, 0) is 29.8 Å². The number of benzene rings is 3. The van der Waals surface area contributed by atoms with Gasteiger partial charge in [-0.15, -0.1) is 24.8 Å². The molecule has 0 unspecified atom stereocenters. The van der Waals surface area contributed by atoms with E-state index in [4.69, 9.17) is 11.5 Å². The second kappa shape index (κ2) is 8.40. The van der Waals surface area contributed by atoms with Gasteiger partial charge >= 0.3 is 0 Å². The molecule has 3 rings (SSSR count). The lowest BCUT2D eigenvalue weighted by atomic mass is 10.1. The fraction of sp³-hybridized carbons (Fsp3) is 0.0588. The number of fused-ring (bicyclic) bond motifs is 1. The average molecular weight is 400 g/mol. The molecule has 0 spiro atoms. The highest BCUT2D eigenvalue weighted by Crippen LogP contribution is 2.27. The van der Waals surface area contributed by atoms with Crippen molar-refractivity contribution < 1.29 is 8.42 Å². The zero-order valence-corrected chi connectivity index (χ0v) is 15.6. The third-order valence-corrected chi connectivity index (χ3v) is 5.11. The molecule has 5 nitrogen and oxygen atoms in total. The van der Waals surface area contributed by atoms with E-state index in [0.717, 1.165) is 10.9 Å². The molecule has 3 aromatic carbocycles. The Kier molecular flexibility index (Phi) is 7.07. The third kappa shape index (κ3) is 4.55. The lowest BCUT2D eigenvalue weighted by molar-refractivity contribution is 0.582. The Hall–Kier alpha value is -1.99. The number of nitrogens with one attached hydrogen (secondary N) is 1. The molecule has 0 aliphatic rings. The zero-order valence-electron chi connectivity index (χ0n) is 13.2. The number of sulfonamides is 1. The maximum absolute atomic E-state index is 12.6. The van der Waals surface area contributed by atoms with Crippen molar-refractivity contribution in [1.29, 1.82) is 0 Å². The first-order valence-electron chi connectivity index (χ1n) is 7.09. The highest BCUT2D eigenvalue weighted by molar-refractivity contribution is 7.89. The molecular weight excluding hydrogens is 381 g/mol.